The van der Waals surface area contributed by atoms with Gasteiger partial charge in [0.05, 0.1) is 10.1 Å². The van der Waals surface area contributed by atoms with E-state index >= 15 is 0 Å². The van der Waals surface area contributed by atoms with E-state index in [0.29, 0.717) is 17.4 Å². The highest BCUT2D eigenvalue weighted by molar-refractivity contribution is 7.98. The Balaban J connectivity index is 2.10. The molecule has 0 fully saturated rings. The number of thioether (sulfide) groups is 1. The van der Waals surface area contributed by atoms with Gasteiger partial charge in [-0.3, -0.25) is 0 Å². The Hall–Kier alpha value is -1.12. The van der Waals surface area contributed by atoms with E-state index in [9.17, 15) is 13.0 Å². The van der Waals surface area contributed by atoms with Crippen molar-refractivity contribution >= 4 is 33.0 Å². The van der Waals surface area contributed by atoms with Gasteiger partial charge in [0.25, 0.3) is 5.22 Å². The zero-order valence-electron chi connectivity index (χ0n) is 9.70. The summed E-state index contributed by atoms with van der Waals surface area (Å²) in [4.78, 5) is 4.23. The van der Waals surface area contributed by atoms with Crippen LogP contribution in [0.1, 0.15) is 6.42 Å². The van der Waals surface area contributed by atoms with Gasteiger partial charge in [-0.2, -0.15) is 0 Å². The average Bonchev–Trinajstić information content (AvgIpc) is 2.69. The van der Waals surface area contributed by atoms with Gasteiger partial charge in [-0.15, -0.1) is 0 Å². The molecule has 0 aliphatic carbocycles. The van der Waals surface area contributed by atoms with Crippen molar-refractivity contribution in [1.82, 2.24) is 4.98 Å². The lowest BCUT2D eigenvalue weighted by Gasteiger charge is -2.03. The summed E-state index contributed by atoms with van der Waals surface area (Å²) < 4.78 is 38.7. The van der Waals surface area contributed by atoms with Crippen LogP contribution in [0.3, 0.4) is 0 Å². The van der Waals surface area contributed by atoms with E-state index in [1.807, 2.05) is 6.26 Å². The molecule has 6 nitrogen and oxygen atoms in total. The monoisotopic (exact) mass is 288 g/mol. The molecule has 8 heteroatoms. The molecule has 0 aliphatic heterocycles. The van der Waals surface area contributed by atoms with Crippen LogP contribution in [0.2, 0.25) is 0 Å². The normalized spacial score (nSPS) is 12.1. The SMILES string of the molecule is CSc1nc2cc[n+](CCCS(=O)(=O)[O-])cc2o1. The minimum Gasteiger partial charge on any atom is -0.748 e. The highest BCUT2D eigenvalue weighted by atomic mass is 32.2. The maximum atomic E-state index is 10.5. The van der Waals surface area contributed by atoms with Crippen molar-refractivity contribution in [2.45, 2.75) is 18.2 Å². The molecule has 0 aromatic carbocycles. The molecule has 2 aromatic rings. The van der Waals surface area contributed by atoms with Gasteiger partial charge in [-0.1, -0.05) is 11.8 Å². The molecule has 0 atom stereocenters. The molecular weight excluding hydrogens is 276 g/mol. The van der Waals surface area contributed by atoms with Crippen molar-refractivity contribution < 1.29 is 22.0 Å². The van der Waals surface area contributed by atoms with Crippen molar-refractivity contribution in [3.05, 3.63) is 18.5 Å². The second-order valence-electron chi connectivity index (χ2n) is 3.73. The summed E-state index contributed by atoms with van der Waals surface area (Å²) >= 11 is 1.41. The highest BCUT2D eigenvalue weighted by Gasteiger charge is 2.10. The summed E-state index contributed by atoms with van der Waals surface area (Å²) in [5.74, 6) is -0.357. The lowest BCUT2D eigenvalue weighted by Crippen LogP contribution is -2.33. The van der Waals surface area contributed by atoms with E-state index < -0.39 is 10.1 Å². The van der Waals surface area contributed by atoms with Crippen molar-refractivity contribution in [1.29, 1.82) is 0 Å². The average molecular weight is 288 g/mol. The van der Waals surface area contributed by atoms with Crippen molar-refractivity contribution in [2.75, 3.05) is 12.0 Å². The van der Waals surface area contributed by atoms with Gasteiger partial charge in [0.2, 0.25) is 11.8 Å². The van der Waals surface area contributed by atoms with Crippen LogP contribution in [0.4, 0.5) is 0 Å². The summed E-state index contributed by atoms with van der Waals surface area (Å²) in [6.45, 7) is 0.451. The number of fused-ring (bicyclic) bond motifs is 1. The van der Waals surface area contributed by atoms with Gasteiger partial charge in [-0.05, 0) is 6.26 Å². The van der Waals surface area contributed by atoms with Crippen LogP contribution >= 0.6 is 11.8 Å². The third-order valence-corrected chi connectivity index (χ3v) is 3.67. The fraction of sp³-hybridized carbons (Fsp3) is 0.400. The van der Waals surface area contributed by atoms with Crippen molar-refractivity contribution in [3.8, 4) is 0 Å². The maximum absolute atomic E-state index is 10.5. The Kier molecular flexibility index (Phi) is 3.88. The molecule has 0 bridgehead atoms. The number of aromatic nitrogens is 2. The van der Waals surface area contributed by atoms with E-state index in [4.69, 9.17) is 4.42 Å². The predicted octanol–water partition coefficient (Wildman–Crippen LogP) is 0.772. The largest absolute Gasteiger partial charge is 0.748 e. The molecule has 2 rings (SSSR count). The van der Waals surface area contributed by atoms with Crippen LogP contribution in [0.25, 0.3) is 11.1 Å². The first-order valence-corrected chi connectivity index (χ1v) is 8.05. The Bertz CT molecular complexity index is 651. The molecule has 0 N–H and O–H groups in total. The lowest BCUT2D eigenvalue weighted by atomic mass is 10.4. The van der Waals surface area contributed by atoms with Crippen LogP contribution in [0.5, 0.6) is 0 Å². The zero-order valence-corrected chi connectivity index (χ0v) is 11.3. The molecular formula is C10H12N2O4S2. The molecule has 0 saturated carbocycles. The fourth-order valence-corrected chi connectivity index (χ4v) is 2.39. The predicted molar refractivity (Wildman–Crippen MR) is 65.2 cm³/mol. The smallest absolute Gasteiger partial charge is 0.256 e. The summed E-state index contributed by atoms with van der Waals surface area (Å²) in [5, 5.41) is 0.588. The van der Waals surface area contributed by atoms with Crippen molar-refractivity contribution in [2.24, 2.45) is 0 Å². The number of aryl methyl sites for hydroxylation is 1. The van der Waals surface area contributed by atoms with E-state index in [2.05, 4.69) is 4.98 Å². The van der Waals surface area contributed by atoms with Gasteiger partial charge in [0.15, 0.2) is 6.20 Å². The minimum absolute atomic E-state index is 0.283. The van der Waals surface area contributed by atoms with Gasteiger partial charge < -0.3 is 8.97 Å². The molecule has 0 spiro atoms. The van der Waals surface area contributed by atoms with Crippen LogP contribution in [-0.2, 0) is 16.7 Å². The number of nitrogens with zero attached hydrogens (tertiary/aromatic N) is 2. The molecule has 0 amide bonds. The third kappa shape index (κ3) is 3.44. The number of hydrogen-bond acceptors (Lipinski definition) is 6. The van der Waals surface area contributed by atoms with Crippen LogP contribution < -0.4 is 4.57 Å². The Morgan fingerprint density at radius 2 is 2.33 bits per heavy atom. The van der Waals surface area contributed by atoms with Gasteiger partial charge in [-0.25, -0.2) is 18.0 Å². The lowest BCUT2D eigenvalue weighted by molar-refractivity contribution is -0.695. The molecule has 2 heterocycles. The molecule has 0 aliphatic rings. The Labute approximate surface area is 109 Å². The van der Waals surface area contributed by atoms with Gasteiger partial charge in [0.1, 0.15) is 12.1 Å². The highest BCUT2D eigenvalue weighted by Crippen LogP contribution is 2.19. The summed E-state index contributed by atoms with van der Waals surface area (Å²) in [7, 11) is -4.14. The fourth-order valence-electron chi connectivity index (χ4n) is 1.54. The molecule has 0 saturated heterocycles. The summed E-state index contributed by atoms with van der Waals surface area (Å²) in [6, 6.07) is 1.80. The van der Waals surface area contributed by atoms with E-state index in [-0.39, 0.29) is 12.2 Å². The van der Waals surface area contributed by atoms with Crippen LogP contribution in [-0.4, -0.2) is 30.0 Å². The quantitative estimate of drug-likeness (QED) is 0.459. The first-order valence-electron chi connectivity index (χ1n) is 5.25. The van der Waals surface area contributed by atoms with Crippen LogP contribution in [0.15, 0.2) is 28.1 Å². The van der Waals surface area contributed by atoms with Crippen molar-refractivity contribution in [3.63, 3.8) is 0 Å². The second-order valence-corrected chi connectivity index (χ2v) is 6.01. The number of hydrogen-bond donors (Lipinski definition) is 0. The maximum Gasteiger partial charge on any atom is 0.256 e. The van der Waals surface area contributed by atoms with E-state index in [0.717, 1.165) is 5.52 Å². The number of rotatable bonds is 5. The molecule has 0 radical (unpaired) electrons. The summed E-state index contributed by atoms with van der Waals surface area (Å²) in [6.07, 6.45) is 5.69. The standard InChI is InChI=1S/C10H12N2O4S2/c1-17-10-11-8-3-5-12(7-9(8)16-10)4-2-6-18(13,14)15/h3,5,7H,2,4,6H2,1H3. The first kappa shape index (κ1) is 13.3. The number of pyridine rings is 1. The first-order chi connectivity index (χ1) is 8.48. The molecule has 2 aromatic heterocycles. The number of oxazole rings is 1. The molecule has 0 unspecified atom stereocenters. The Morgan fingerprint density at radius 1 is 1.56 bits per heavy atom. The minimum atomic E-state index is -4.14. The Morgan fingerprint density at radius 3 is 3.00 bits per heavy atom. The molecule has 18 heavy (non-hydrogen) atoms. The zero-order chi connectivity index (χ0) is 13.2. The van der Waals surface area contributed by atoms with E-state index in [1.54, 1.807) is 23.0 Å². The van der Waals surface area contributed by atoms with Gasteiger partial charge >= 0.3 is 0 Å². The summed E-state index contributed by atoms with van der Waals surface area (Å²) in [5.41, 5.74) is 1.40. The topological polar surface area (TPSA) is 87.1 Å². The van der Waals surface area contributed by atoms with E-state index in [1.165, 1.54) is 11.8 Å². The third-order valence-electron chi connectivity index (χ3n) is 2.35. The molecule has 98 valence electrons. The second kappa shape index (κ2) is 5.25. The van der Waals surface area contributed by atoms with Crippen LogP contribution in [0, 0.1) is 0 Å². The van der Waals surface area contributed by atoms with Gasteiger partial charge in [0, 0.05) is 18.2 Å².